The Bertz CT molecular complexity index is 744. The largest absolute Gasteiger partial charge is 0.343 e. The van der Waals surface area contributed by atoms with E-state index in [-0.39, 0.29) is 18.0 Å². The molecule has 0 bridgehead atoms. The summed E-state index contributed by atoms with van der Waals surface area (Å²) >= 11 is 1.32. The summed E-state index contributed by atoms with van der Waals surface area (Å²) in [5.41, 5.74) is 0.806. The number of aromatic nitrogens is 3. The van der Waals surface area contributed by atoms with Crippen molar-refractivity contribution in [2.45, 2.75) is 11.6 Å². The predicted octanol–water partition coefficient (Wildman–Crippen LogP) is 1.10. The monoisotopic (exact) mass is 303 g/mol. The number of aromatic amines is 1. The molecule has 2 rings (SSSR count). The Morgan fingerprint density at radius 2 is 2.38 bits per heavy atom. The van der Waals surface area contributed by atoms with E-state index >= 15 is 0 Å². The molecule has 108 valence electrons. The van der Waals surface area contributed by atoms with Crippen molar-refractivity contribution in [3.63, 3.8) is 0 Å². The first-order chi connectivity index (χ1) is 10.1. The van der Waals surface area contributed by atoms with Crippen LogP contribution in [0.5, 0.6) is 0 Å². The average molecular weight is 303 g/mol. The van der Waals surface area contributed by atoms with Gasteiger partial charge in [0.1, 0.15) is 0 Å². The Labute approximate surface area is 125 Å². The summed E-state index contributed by atoms with van der Waals surface area (Å²) in [7, 11) is 1.61. The molecule has 0 spiro atoms. The molecule has 0 radical (unpaired) electrons. The van der Waals surface area contributed by atoms with Gasteiger partial charge in [0.2, 0.25) is 5.91 Å². The van der Waals surface area contributed by atoms with Gasteiger partial charge in [-0.05, 0) is 18.2 Å². The van der Waals surface area contributed by atoms with E-state index in [0.717, 1.165) is 0 Å². The van der Waals surface area contributed by atoms with E-state index in [4.69, 9.17) is 5.26 Å². The standard InChI is InChI=1S/C13H13N5O2S/c1-18-12(20)16-17-13(18)21-6-5-11(19)15-10-4-2-3-9(7-10)8-14/h2-4,7H,5-6H2,1H3,(H,15,19)(H,16,20). The van der Waals surface area contributed by atoms with E-state index in [1.807, 2.05) is 6.07 Å². The smallest absolute Gasteiger partial charge is 0.326 e. The highest BCUT2D eigenvalue weighted by Gasteiger charge is 2.07. The number of nitriles is 1. The highest BCUT2D eigenvalue weighted by molar-refractivity contribution is 7.99. The van der Waals surface area contributed by atoms with Gasteiger partial charge < -0.3 is 5.32 Å². The van der Waals surface area contributed by atoms with Gasteiger partial charge in [-0.15, -0.1) is 5.10 Å². The van der Waals surface area contributed by atoms with Crippen LogP contribution in [-0.2, 0) is 11.8 Å². The van der Waals surface area contributed by atoms with Crippen molar-refractivity contribution in [2.75, 3.05) is 11.1 Å². The molecule has 0 fully saturated rings. The van der Waals surface area contributed by atoms with E-state index in [1.165, 1.54) is 16.3 Å². The second-order valence-corrected chi connectivity index (χ2v) is 5.27. The van der Waals surface area contributed by atoms with E-state index in [0.29, 0.717) is 22.2 Å². The topological polar surface area (TPSA) is 104 Å². The van der Waals surface area contributed by atoms with Gasteiger partial charge in [0.15, 0.2) is 5.16 Å². The number of carbonyl (C=O) groups is 1. The summed E-state index contributed by atoms with van der Waals surface area (Å²) in [6, 6.07) is 8.73. The van der Waals surface area contributed by atoms with Crippen LogP contribution in [0.25, 0.3) is 0 Å². The Morgan fingerprint density at radius 3 is 3.05 bits per heavy atom. The van der Waals surface area contributed by atoms with Gasteiger partial charge in [-0.3, -0.25) is 9.36 Å². The number of amides is 1. The fourth-order valence-electron chi connectivity index (χ4n) is 1.59. The lowest BCUT2D eigenvalue weighted by molar-refractivity contribution is -0.115. The van der Waals surface area contributed by atoms with Crippen LogP contribution in [0.1, 0.15) is 12.0 Å². The van der Waals surface area contributed by atoms with Crippen molar-refractivity contribution in [3.05, 3.63) is 40.3 Å². The second-order valence-electron chi connectivity index (χ2n) is 4.21. The Morgan fingerprint density at radius 1 is 1.57 bits per heavy atom. The molecule has 0 aliphatic heterocycles. The molecular weight excluding hydrogens is 290 g/mol. The van der Waals surface area contributed by atoms with Crippen LogP contribution in [0.4, 0.5) is 5.69 Å². The summed E-state index contributed by atoms with van der Waals surface area (Å²) < 4.78 is 1.39. The summed E-state index contributed by atoms with van der Waals surface area (Å²) in [5, 5.41) is 18.2. The molecule has 2 N–H and O–H groups in total. The maximum Gasteiger partial charge on any atom is 0.343 e. The van der Waals surface area contributed by atoms with Crippen LogP contribution in [-0.4, -0.2) is 26.4 Å². The quantitative estimate of drug-likeness (QED) is 0.805. The first-order valence-electron chi connectivity index (χ1n) is 6.14. The van der Waals surface area contributed by atoms with Crippen molar-refractivity contribution >= 4 is 23.4 Å². The van der Waals surface area contributed by atoms with Gasteiger partial charge in [-0.2, -0.15) is 5.26 Å². The SMILES string of the molecule is Cn1c(SCCC(=O)Nc2cccc(C#N)c2)n[nH]c1=O. The molecule has 0 aliphatic carbocycles. The number of thioether (sulfide) groups is 1. The summed E-state index contributed by atoms with van der Waals surface area (Å²) in [4.78, 5) is 23.0. The zero-order valence-electron chi connectivity index (χ0n) is 11.3. The third kappa shape index (κ3) is 3.97. The number of carbonyl (C=O) groups excluding carboxylic acids is 1. The van der Waals surface area contributed by atoms with Crippen LogP contribution in [0.3, 0.4) is 0 Å². The van der Waals surface area contributed by atoms with Crippen molar-refractivity contribution in [1.82, 2.24) is 14.8 Å². The molecule has 0 atom stereocenters. The lowest BCUT2D eigenvalue weighted by atomic mass is 10.2. The number of hydrogen-bond acceptors (Lipinski definition) is 5. The highest BCUT2D eigenvalue weighted by Crippen LogP contribution is 2.14. The molecule has 0 saturated carbocycles. The molecule has 1 aromatic carbocycles. The summed E-state index contributed by atoms with van der Waals surface area (Å²) in [6.45, 7) is 0. The first-order valence-corrected chi connectivity index (χ1v) is 7.13. The molecule has 0 aliphatic rings. The number of rotatable bonds is 5. The van der Waals surface area contributed by atoms with Gasteiger partial charge in [0.05, 0.1) is 11.6 Å². The van der Waals surface area contributed by atoms with Crippen LogP contribution in [0.15, 0.2) is 34.2 Å². The number of nitrogens with zero attached hydrogens (tertiary/aromatic N) is 3. The van der Waals surface area contributed by atoms with Gasteiger partial charge in [0, 0.05) is 24.9 Å². The number of anilines is 1. The van der Waals surface area contributed by atoms with Gasteiger partial charge in [-0.1, -0.05) is 17.8 Å². The van der Waals surface area contributed by atoms with Crippen molar-refractivity contribution in [1.29, 1.82) is 5.26 Å². The normalized spacial score (nSPS) is 10.1. The van der Waals surface area contributed by atoms with E-state index in [2.05, 4.69) is 15.5 Å². The highest BCUT2D eigenvalue weighted by atomic mass is 32.2. The average Bonchev–Trinajstić information content (AvgIpc) is 2.79. The van der Waals surface area contributed by atoms with Crippen LogP contribution >= 0.6 is 11.8 Å². The Kier molecular flexibility index (Phi) is 4.79. The minimum atomic E-state index is -0.282. The van der Waals surface area contributed by atoms with Gasteiger partial charge in [-0.25, -0.2) is 9.89 Å². The minimum absolute atomic E-state index is 0.155. The fraction of sp³-hybridized carbons (Fsp3) is 0.231. The second kappa shape index (κ2) is 6.76. The molecule has 8 heteroatoms. The lowest BCUT2D eigenvalue weighted by Crippen LogP contribution is -2.14. The fourth-order valence-corrected chi connectivity index (χ4v) is 2.44. The third-order valence-corrected chi connectivity index (χ3v) is 3.71. The maximum atomic E-state index is 11.8. The van der Waals surface area contributed by atoms with Gasteiger partial charge >= 0.3 is 5.69 Å². The number of hydrogen-bond donors (Lipinski definition) is 2. The molecule has 1 aromatic heterocycles. The predicted molar refractivity (Wildman–Crippen MR) is 79.0 cm³/mol. The zero-order chi connectivity index (χ0) is 15.2. The van der Waals surface area contributed by atoms with Crippen molar-refractivity contribution in [2.24, 2.45) is 7.05 Å². The van der Waals surface area contributed by atoms with E-state index in [1.54, 1.807) is 31.3 Å². The summed E-state index contributed by atoms with van der Waals surface area (Å²) in [6.07, 6.45) is 0.280. The zero-order valence-corrected chi connectivity index (χ0v) is 12.1. The molecule has 1 heterocycles. The summed E-state index contributed by atoms with van der Waals surface area (Å²) in [5.74, 6) is 0.347. The van der Waals surface area contributed by atoms with Gasteiger partial charge in [0.25, 0.3) is 0 Å². The maximum absolute atomic E-state index is 11.8. The Balaban J connectivity index is 1.84. The molecule has 0 saturated heterocycles. The van der Waals surface area contributed by atoms with Crippen LogP contribution in [0.2, 0.25) is 0 Å². The molecule has 2 aromatic rings. The number of benzene rings is 1. The van der Waals surface area contributed by atoms with Crippen molar-refractivity contribution in [3.8, 4) is 6.07 Å². The minimum Gasteiger partial charge on any atom is -0.326 e. The molecule has 7 nitrogen and oxygen atoms in total. The van der Waals surface area contributed by atoms with Crippen molar-refractivity contribution < 1.29 is 4.79 Å². The molecular formula is C13H13N5O2S. The number of H-pyrrole nitrogens is 1. The van der Waals surface area contributed by atoms with Crippen LogP contribution in [0, 0.1) is 11.3 Å². The van der Waals surface area contributed by atoms with E-state index in [9.17, 15) is 9.59 Å². The third-order valence-electron chi connectivity index (χ3n) is 2.67. The van der Waals surface area contributed by atoms with E-state index < -0.39 is 0 Å². The lowest BCUT2D eigenvalue weighted by Gasteiger charge is -2.05. The first kappa shape index (κ1) is 14.9. The number of nitrogens with one attached hydrogen (secondary N) is 2. The molecule has 1 amide bonds. The molecule has 21 heavy (non-hydrogen) atoms. The van der Waals surface area contributed by atoms with Crippen LogP contribution < -0.4 is 11.0 Å². The molecule has 0 unspecified atom stereocenters. The Hall–Kier alpha value is -2.53.